The van der Waals surface area contributed by atoms with E-state index in [0.29, 0.717) is 0 Å². The van der Waals surface area contributed by atoms with Crippen LogP contribution in [0.4, 0.5) is 0 Å². The molecule has 2 heteroatoms. The smallest absolute Gasteiger partial charge is 0.127 e. The summed E-state index contributed by atoms with van der Waals surface area (Å²) in [5, 5.41) is 3.46. The number of benzene rings is 1. The molecule has 1 N–H and O–H groups in total. The molecule has 2 nitrogen and oxygen atoms in total. The van der Waals surface area contributed by atoms with Crippen LogP contribution in [0.15, 0.2) is 18.2 Å². The van der Waals surface area contributed by atoms with Crippen LogP contribution in [0.5, 0.6) is 5.75 Å². The van der Waals surface area contributed by atoms with E-state index in [2.05, 4.69) is 51.2 Å². The number of unbranched alkanes of at least 4 members (excludes halogenated alkanes) is 1. The van der Waals surface area contributed by atoms with Gasteiger partial charge in [-0.1, -0.05) is 31.5 Å². The summed E-state index contributed by atoms with van der Waals surface area (Å²) < 4.78 is 5.89. The van der Waals surface area contributed by atoms with Gasteiger partial charge in [0, 0.05) is 12.1 Å². The summed E-state index contributed by atoms with van der Waals surface area (Å²) in [6.45, 7) is 10.4. The summed E-state index contributed by atoms with van der Waals surface area (Å²) in [6, 6.07) is 6.34. The molecule has 0 saturated heterocycles. The summed E-state index contributed by atoms with van der Waals surface area (Å²) in [4.78, 5) is 0. The van der Waals surface area contributed by atoms with Gasteiger partial charge < -0.3 is 10.1 Å². The molecule has 0 aliphatic heterocycles. The second kappa shape index (κ2) is 7.33. The van der Waals surface area contributed by atoms with Gasteiger partial charge in [0.05, 0.1) is 6.10 Å². The molecule has 0 spiro atoms. The summed E-state index contributed by atoms with van der Waals surface area (Å²) in [5.41, 5.74) is 2.48. The van der Waals surface area contributed by atoms with E-state index in [1.807, 2.05) is 0 Å². The van der Waals surface area contributed by atoms with E-state index in [0.717, 1.165) is 18.8 Å². The van der Waals surface area contributed by atoms with Gasteiger partial charge in [-0.05, 0) is 39.3 Å². The van der Waals surface area contributed by atoms with Crippen LogP contribution in [0.25, 0.3) is 0 Å². The van der Waals surface area contributed by atoms with E-state index >= 15 is 0 Å². The third-order valence-corrected chi connectivity index (χ3v) is 2.67. The predicted octanol–water partition coefficient (Wildman–Crippen LogP) is 3.67. The molecule has 17 heavy (non-hydrogen) atoms. The second-order valence-electron chi connectivity index (χ2n) is 4.76. The van der Waals surface area contributed by atoms with Crippen molar-refractivity contribution >= 4 is 0 Å². The quantitative estimate of drug-likeness (QED) is 0.728. The number of rotatable bonds is 7. The fourth-order valence-corrected chi connectivity index (χ4v) is 1.78. The van der Waals surface area contributed by atoms with Crippen LogP contribution in [0, 0.1) is 6.92 Å². The molecule has 0 atom stereocenters. The average molecular weight is 235 g/mol. The van der Waals surface area contributed by atoms with Gasteiger partial charge >= 0.3 is 0 Å². The summed E-state index contributed by atoms with van der Waals surface area (Å²) in [5.74, 6) is 1.05. The fourth-order valence-electron chi connectivity index (χ4n) is 1.78. The first-order chi connectivity index (χ1) is 8.15. The number of hydrogen-bond donors (Lipinski definition) is 1. The Morgan fingerprint density at radius 3 is 2.71 bits per heavy atom. The zero-order chi connectivity index (χ0) is 12.7. The predicted molar refractivity (Wildman–Crippen MR) is 73.6 cm³/mol. The van der Waals surface area contributed by atoms with E-state index in [1.165, 1.54) is 24.0 Å². The summed E-state index contributed by atoms with van der Waals surface area (Å²) in [6.07, 6.45) is 2.69. The maximum atomic E-state index is 5.89. The minimum atomic E-state index is 0.227. The van der Waals surface area contributed by atoms with Gasteiger partial charge in [0.2, 0.25) is 0 Å². The van der Waals surface area contributed by atoms with Crippen molar-refractivity contribution in [3.63, 3.8) is 0 Å². The largest absolute Gasteiger partial charge is 0.490 e. The van der Waals surface area contributed by atoms with Gasteiger partial charge in [0.15, 0.2) is 0 Å². The molecule has 0 aliphatic carbocycles. The molecule has 0 heterocycles. The number of aryl methyl sites for hydroxylation is 1. The van der Waals surface area contributed by atoms with E-state index < -0.39 is 0 Å². The van der Waals surface area contributed by atoms with Crippen LogP contribution in [0.3, 0.4) is 0 Å². The lowest BCUT2D eigenvalue weighted by molar-refractivity contribution is 0.238. The van der Waals surface area contributed by atoms with Crippen LogP contribution in [0.2, 0.25) is 0 Å². The molecule has 96 valence electrons. The van der Waals surface area contributed by atoms with E-state index in [4.69, 9.17) is 4.74 Å². The van der Waals surface area contributed by atoms with Gasteiger partial charge in [-0.15, -0.1) is 0 Å². The Morgan fingerprint density at radius 2 is 2.06 bits per heavy atom. The molecular weight excluding hydrogens is 210 g/mol. The van der Waals surface area contributed by atoms with Crippen LogP contribution >= 0.6 is 0 Å². The number of nitrogens with one attached hydrogen (secondary N) is 1. The molecule has 0 saturated carbocycles. The third kappa shape index (κ3) is 4.78. The maximum Gasteiger partial charge on any atom is 0.127 e. The highest BCUT2D eigenvalue weighted by atomic mass is 16.5. The van der Waals surface area contributed by atoms with Gasteiger partial charge in [-0.2, -0.15) is 0 Å². The van der Waals surface area contributed by atoms with Crippen molar-refractivity contribution in [2.24, 2.45) is 0 Å². The molecule has 0 unspecified atom stereocenters. The fraction of sp³-hybridized carbons (Fsp3) is 0.600. The molecule has 0 bridgehead atoms. The average Bonchev–Trinajstić information content (AvgIpc) is 2.28. The minimum Gasteiger partial charge on any atom is -0.490 e. The lowest BCUT2D eigenvalue weighted by Crippen LogP contribution is -2.16. The SMILES string of the molecule is CCCCNCc1cccc(C)c1OC(C)C. The Kier molecular flexibility index (Phi) is 6.06. The van der Waals surface area contributed by atoms with Crippen molar-refractivity contribution in [1.82, 2.24) is 5.32 Å². The molecular formula is C15H25NO. The second-order valence-corrected chi connectivity index (χ2v) is 4.76. The highest BCUT2D eigenvalue weighted by molar-refractivity contribution is 5.40. The Balaban J connectivity index is 2.66. The van der Waals surface area contributed by atoms with Gasteiger partial charge in [0.1, 0.15) is 5.75 Å². The maximum absolute atomic E-state index is 5.89. The number of ether oxygens (including phenoxy) is 1. The number of para-hydroxylation sites is 1. The lowest BCUT2D eigenvalue weighted by Gasteiger charge is -2.17. The van der Waals surface area contributed by atoms with Crippen LogP contribution in [-0.2, 0) is 6.54 Å². The first-order valence-corrected chi connectivity index (χ1v) is 6.61. The molecule has 1 rings (SSSR count). The molecule has 0 fully saturated rings. The standard InChI is InChI=1S/C15H25NO/c1-5-6-10-16-11-14-9-7-8-13(4)15(14)17-12(2)3/h7-9,12,16H,5-6,10-11H2,1-4H3. The molecule has 0 aliphatic rings. The van der Waals surface area contributed by atoms with Crippen LogP contribution in [-0.4, -0.2) is 12.6 Å². The monoisotopic (exact) mass is 235 g/mol. The molecule has 0 aromatic heterocycles. The normalized spacial score (nSPS) is 10.9. The van der Waals surface area contributed by atoms with Gasteiger partial charge in [0.25, 0.3) is 0 Å². The Labute approximate surface area is 105 Å². The van der Waals surface area contributed by atoms with Crippen molar-refractivity contribution in [2.75, 3.05) is 6.54 Å². The van der Waals surface area contributed by atoms with E-state index in [9.17, 15) is 0 Å². The highest BCUT2D eigenvalue weighted by Gasteiger charge is 2.08. The first-order valence-electron chi connectivity index (χ1n) is 6.61. The number of hydrogen-bond acceptors (Lipinski definition) is 2. The van der Waals surface area contributed by atoms with Gasteiger partial charge in [-0.25, -0.2) is 0 Å². The van der Waals surface area contributed by atoms with Crippen molar-refractivity contribution in [3.8, 4) is 5.75 Å². The molecule has 0 amide bonds. The zero-order valence-corrected chi connectivity index (χ0v) is 11.5. The highest BCUT2D eigenvalue weighted by Crippen LogP contribution is 2.24. The molecule has 0 radical (unpaired) electrons. The van der Waals surface area contributed by atoms with Crippen molar-refractivity contribution in [2.45, 2.75) is 53.2 Å². The minimum absolute atomic E-state index is 0.227. The Bertz CT molecular complexity index is 334. The zero-order valence-electron chi connectivity index (χ0n) is 11.5. The van der Waals surface area contributed by atoms with Crippen LogP contribution < -0.4 is 10.1 Å². The van der Waals surface area contributed by atoms with E-state index in [-0.39, 0.29) is 6.10 Å². The van der Waals surface area contributed by atoms with Crippen molar-refractivity contribution < 1.29 is 4.74 Å². The van der Waals surface area contributed by atoms with Gasteiger partial charge in [-0.3, -0.25) is 0 Å². The lowest BCUT2D eigenvalue weighted by atomic mass is 10.1. The molecule has 1 aromatic rings. The third-order valence-electron chi connectivity index (χ3n) is 2.67. The van der Waals surface area contributed by atoms with Crippen molar-refractivity contribution in [1.29, 1.82) is 0 Å². The van der Waals surface area contributed by atoms with Crippen molar-refractivity contribution in [3.05, 3.63) is 29.3 Å². The Morgan fingerprint density at radius 1 is 1.29 bits per heavy atom. The van der Waals surface area contributed by atoms with E-state index in [1.54, 1.807) is 0 Å². The molecule has 1 aromatic carbocycles. The Hall–Kier alpha value is -1.02. The topological polar surface area (TPSA) is 21.3 Å². The first kappa shape index (κ1) is 14.0. The summed E-state index contributed by atoms with van der Waals surface area (Å²) in [7, 11) is 0. The van der Waals surface area contributed by atoms with Crippen LogP contribution in [0.1, 0.15) is 44.7 Å². The summed E-state index contributed by atoms with van der Waals surface area (Å²) >= 11 is 0.